The van der Waals surface area contributed by atoms with E-state index in [1.165, 1.54) is 11.8 Å². The molecular weight excluding hydrogens is 464 g/mol. The first kappa shape index (κ1) is 20.8. The Labute approximate surface area is 180 Å². The number of halogens is 2. The van der Waals surface area contributed by atoms with Gasteiger partial charge in [0.2, 0.25) is 0 Å². The van der Waals surface area contributed by atoms with Gasteiger partial charge in [-0.2, -0.15) is 0 Å². The minimum absolute atomic E-state index is 0.209. The molecule has 1 aromatic heterocycles. The van der Waals surface area contributed by atoms with E-state index in [0.717, 1.165) is 11.1 Å². The molecule has 0 unspecified atom stereocenters. The number of hydrogen-bond acceptors (Lipinski definition) is 5. The van der Waals surface area contributed by atoms with E-state index in [-0.39, 0.29) is 5.56 Å². The summed E-state index contributed by atoms with van der Waals surface area (Å²) in [5, 5.41) is 1.24. The average molecular weight is 482 g/mol. The molecule has 1 heterocycles. The highest BCUT2D eigenvalue weighted by Gasteiger charge is 2.12. The van der Waals surface area contributed by atoms with Gasteiger partial charge in [-0.05, 0) is 51.3 Å². The Bertz CT molecular complexity index is 1040. The number of nitrogens with zero attached hydrogens (tertiary/aromatic N) is 1. The number of H-pyrrole nitrogens is 1. The molecule has 2 aromatic carbocycles. The van der Waals surface area contributed by atoms with Crippen molar-refractivity contribution in [2.45, 2.75) is 17.3 Å². The molecule has 0 aliphatic heterocycles. The van der Waals surface area contributed by atoms with E-state index in [1.54, 1.807) is 14.2 Å². The molecule has 0 fully saturated rings. The van der Waals surface area contributed by atoms with E-state index in [0.29, 0.717) is 44.0 Å². The minimum atomic E-state index is -0.209. The normalized spacial score (nSPS) is 10.7. The molecule has 0 amide bonds. The van der Waals surface area contributed by atoms with Crippen molar-refractivity contribution in [2.24, 2.45) is 0 Å². The van der Waals surface area contributed by atoms with Crippen molar-refractivity contribution in [3.63, 3.8) is 0 Å². The molecule has 0 aliphatic rings. The molecule has 28 heavy (non-hydrogen) atoms. The summed E-state index contributed by atoms with van der Waals surface area (Å²) in [4.78, 5) is 19.7. The molecule has 0 radical (unpaired) electrons. The predicted molar refractivity (Wildman–Crippen MR) is 116 cm³/mol. The third-order valence-corrected chi connectivity index (χ3v) is 5.99. The van der Waals surface area contributed by atoms with Gasteiger partial charge in [-0.3, -0.25) is 4.79 Å². The van der Waals surface area contributed by atoms with Crippen LogP contribution in [0.2, 0.25) is 5.02 Å². The van der Waals surface area contributed by atoms with Crippen LogP contribution in [0.5, 0.6) is 11.5 Å². The number of nitrogens with one attached hydrogen (secondary N) is 1. The Kier molecular flexibility index (Phi) is 7.04. The number of aromatic amines is 1. The van der Waals surface area contributed by atoms with Crippen LogP contribution in [0.15, 0.2) is 56.9 Å². The molecule has 0 spiro atoms. The van der Waals surface area contributed by atoms with Gasteiger partial charge < -0.3 is 14.5 Å². The van der Waals surface area contributed by atoms with Gasteiger partial charge in [-0.15, -0.1) is 0 Å². The van der Waals surface area contributed by atoms with Crippen molar-refractivity contribution in [2.75, 3.05) is 14.2 Å². The van der Waals surface area contributed by atoms with Gasteiger partial charge in [-0.25, -0.2) is 4.98 Å². The molecule has 8 heteroatoms. The molecule has 3 rings (SSSR count). The van der Waals surface area contributed by atoms with Crippen LogP contribution < -0.4 is 15.0 Å². The Morgan fingerprint density at radius 2 is 1.89 bits per heavy atom. The average Bonchev–Trinajstić information content (AvgIpc) is 2.70. The minimum Gasteiger partial charge on any atom is -0.493 e. The van der Waals surface area contributed by atoms with Crippen LogP contribution in [-0.4, -0.2) is 24.2 Å². The number of aromatic nitrogens is 2. The maximum Gasteiger partial charge on any atom is 0.266 e. The zero-order valence-corrected chi connectivity index (χ0v) is 18.5. The van der Waals surface area contributed by atoms with Gasteiger partial charge >= 0.3 is 0 Å². The lowest BCUT2D eigenvalue weighted by molar-refractivity contribution is 0.354. The molecule has 0 saturated carbocycles. The number of rotatable bonds is 7. The lowest BCUT2D eigenvalue weighted by Gasteiger charge is -2.10. The molecule has 0 aliphatic carbocycles. The highest BCUT2D eigenvalue weighted by molar-refractivity contribution is 9.10. The van der Waals surface area contributed by atoms with Gasteiger partial charge in [0.05, 0.1) is 19.9 Å². The second-order valence-electron chi connectivity index (χ2n) is 5.92. The van der Waals surface area contributed by atoms with Crippen molar-refractivity contribution in [3.05, 3.63) is 79.1 Å². The Morgan fingerprint density at radius 3 is 2.61 bits per heavy atom. The van der Waals surface area contributed by atoms with Crippen molar-refractivity contribution in [1.29, 1.82) is 0 Å². The summed E-state index contributed by atoms with van der Waals surface area (Å²) in [6, 6.07) is 13.3. The largest absolute Gasteiger partial charge is 0.493 e. The number of hydrogen-bond donors (Lipinski definition) is 1. The summed E-state index contributed by atoms with van der Waals surface area (Å²) in [5.74, 6) is 1.94. The van der Waals surface area contributed by atoms with Crippen LogP contribution in [0, 0.1) is 0 Å². The fourth-order valence-corrected chi connectivity index (χ4v) is 3.99. The van der Waals surface area contributed by atoms with E-state index in [1.807, 2.05) is 42.5 Å². The SMILES string of the molecule is COc1ccc(Cc2nc(SCc3cccc(Cl)c3)[nH]c(=O)c2Br)cc1OC. The molecule has 5 nitrogen and oxygen atoms in total. The lowest BCUT2D eigenvalue weighted by atomic mass is 10.1. The first-order valence-corrected chi connectivity index (χ1v) is 10.5. The Hall–Kier alpha value is -1.96. The first-order valence-electron chi connectivity index (χ1n) is 8.37. The fourth-order valence-electron chi connectivity index (χ4n) is 2.63. The summed E-state index contributed by atoms with van der Waals surface area (Å²) >= 11 is 10.8. The Balaban J connectivity index is 1.82. The number of benzene rings is 2. The predicted octanol–water partition coefficient (Wildman–Crippen LogP) is 5.09. The van der Waals surface area contributed by atoms with Gasteiger partial charge in [0.25, 0.3) is 5.56 Å². The van der Waals surface area contributed by atoms with Crippen LogP contribution in [0.25, 0.3) is 0 Å². The van der Waals surface area contributed by atoms with E-state index >= 15 is 0 Å². The zero-order chi connectivity index (χ0) is 20.1. The van der Waals surface area contributed by atoms with E-state index in [9.17, 15) is 4.79 Å². The summed E-state index contributed by atoms with van der Waals surface area (Å²) in [6.07, 6.45) is 0.482. The molecule has 0 atom stereocenters. The number of ether oxygens (including phenoxy) is 2. The molecular formula is C20H18BrClN2O3S. The summed E-state index contributed by atoms with van der Waals surface area (Å²) in [6.45, 7) is 0. The zero-order valence-electron chi connectivity index (χ0n) is 15.3. The first-order chi connectivity index (χ1) is 13.5. The fraction of sp³-hybridized carbons (Fsp3) is 0.200. The van der Waals surface area contributed by atoms with Crippen molar-refractivity contribution in [3.8, 4) is 11.5 Å². The van der Waals surface area contributed by atoms with Crippen LogP contribution in [0.3, 0.4) is 0 Å². The highest BCUT2D eigenvalue weighted by atomic mass is 79.9. The second-order valence-corrected chi connectivity index (χ2v) is 8.11. The molecule has 1 N–H and O–H groups in total. The standard InChI is InChI=1S/C20H18BrClN2O3S/c1-26-16-7-6-12(10-17(16)27-2)9-15-18(21)19(25)24-20(23-15)28-11-13-4-3-5-14(22)8-13/h3-8,10H,9,11H2,1-2H3,(H,23,24,25). The maximum absolute atomic E-state index is 12.3. The van der Waals surface area contributed by atoms with Gasteiger partial charge in [0, 0.05) is 17.2 Å². The number of methoxy groups -OCH3 is 2. The summed E-state index contributed by atoms with van der Waals surface area (Å²) < 4.78 is 11.0. The quantitative estimate of drug-likeness (QED) is 0.376. The van der Waals surface area contributed by atoms with Gasteiger partial charge in [0.1, 0.15) is 4.47 Å². The van der Waals surface area contributed by atoms with Crippen LogP contribution in [-0.2, 0) is 12.2 Å². The molecule has 146 valence electrons. The molecule has 3 aromatic rings. The third-order valence-electron chi connectivity index (χ3n) is 3.99. The monoisotopic (exact) mass is 480 g/mol. The molecule has 0 saturated heterocycles. The maximum atomic E-state index is 12.3. The van der Waals surface area contributed by atoms with E-state index in [4.69, 9.17) is 21.1 Å². The van der Waals surface area contributed by atoms with Crippen molar-refractivity contribution >= 4 is 39.3 Å². The second kappa shape index (κ2) is 9.49. The van der Waals surface area contributed by atoms with Crippen LogP contribution in [0.1, 0.15) is 16.8 Å². The topological polar surface area (TPSA) is 64.2 Å². The van der Waals surface area contributed by atoms with Crippen LogP contribution in [0.4, 0.5) is 0 Å². The Morgan fingerprint density at radius 1 is 1.11 bits per heavy atom. The smallest absolute Gasteiger partial charge is 0.266 e. The van der Waals surface area contributed by atoms with Crippen molar-refractivity contribution < 1.29 is 9.47 Å². The van der Waals surface area contributed by atoms with Crippen LogP contribution >= 0.6 is 39.3 Å². The molecule has 0 bridgehead atoms. The number of thioether (sulfide) groups is 1. The van der Waals surface area contributed by atoms with E-state index < -0.39 is 0 Å². The van der Waals surface area contributed by atoms with Gasteiger partial charge in [0.15, 0.2) is 16.7 Å². The van der Waals surface area contributed by atoms with E-state index in [2.05, 4.69) is 25.9 Å². The highest BCUT2D eigenvalue weighted by Crippen LogP contribution is 2.29. The summed E-state index contributed by atoms with van der Waals surface area (Å²) in [5.41, 5.74) is 2.47. The van der Waals surface area contributed by atoms with Gasteiger partial charge in [-0.1, -0.05) is 41.6 Å². The lowest BCUT2D eigenvalue weighted by Crippen LogP contribution is -2.13. The summed E-state index contributed by atoms with van der Waals surface area (Å²) in [7, 11) is 3.18. The van der Waals surface area contributed by atoms with Crippen molar-refractivity contribution in [1.82, 2.24) is 9.97 Å². The third kappa shape index (κ3) is 5.10.